The van der Waals surface area contributed by atoms with E-state index >= 15 is 0 Å². The Bertz CT molecular complexity index is 1180. The number of benzene rings is 2. The lowest BCUT2D eigenvalue weighted by molar-refractivity contribution is 0.0514. The molecule has 0 unspecified atom stereocenters. The standard InChI is InChI=1S/C26H26N4O3/c1-28-23(10-11-27-28)17-8-9-20-18(13-17)14-29(24(20)31)19(12-16-6-7-16)15-30-25(32)21-4-2-3-5-22(21)26(30)33/h2-5,8-10,13,16,19,27H,6-7,11-12,14-15H2,1H3/t19-/m0/s1. The molecule has 0 bridgehead atoms. The lowest BCUT2D eigenvalue weighted by Crippen LogP contribution is -2.46. The third-order valence-corrected chi connectivity index (χ3v) is 7.23. The second-order valence-electron chi connectivity index (χ2n) is 9.41. The van der Waals surface area contributed by atoms with Crippen LogP contribution in [0.3, 0.4) is 0 Å². The van der Waals surface area contributed by atoms with Gasteiger partial charge in [0.2, 0.25) is 0 Å². The zero-order valence-corrected chi connectivity index (χ0v) is 18.6. The monoisotopic (exact) mass is 442 g/mol. The van der Waals surface area contributed by atoms with E-state index in [2.05, 4.69) is 17.6 Å². The summed E-state index contributed by atoms with van der Waals surface area (Å²) < 4.78 is 0. The molecule has 3 amide bonds. The molecule has 0 spiro atoms. The van der Waals surface area contributed by atoms with Gasteiger partial charge in [0.25, 0.3) is 17.7 Å². The van der Waals surface area contributed by atoms with Crippen molar-refractivity contribution in [1.82, 2.24) is 20.2 Å². The molecular weight excluding hydrogens is 416 g/mol. The van der Waals surface area contributed by atoms with Gasteiger partial charge in [-0.3, -0.25) is 19.3 Å². The molecule has 2 aromatic rings. The van der Waals surface area contributed by atoms with E-state index in [1.165, 1.54) is 4.90 Å². The highest BCUT2D eigenvalue weighted by Crippen LogP contribution is 2.38. The second kappa shape index (κ2) is 7.56. The summed E-state index contributed by atoms with van der Waals surface area (Å²) in [6.07, 6.45) is 5.24. The predicted octanol–water partition coefficient (Wildman–Crippen LogP) is 2.90. The minimum Gasteiger partial charge on any atom is -0.329 e. The van der Waals surface area contributed by atoms with Gasteiger partial charge in [-0.2, -0.15) is 0 Å². The molecule has 1 fully saturated rings. The van der Waals surface area contributed by atoms with E-state index in [1.54, 1.807) is 24.3 Å². The summed E-state index contributed by atoms with van der Waals surface area (Å²) in [7, 11) is 1.98. The van der Waals surface area contributed by atoms with Crippen LogP contribution in [0.5, 0.6) is 0 Å². The Morgan fingerprint density at radius 1 is 0.970 bits per heavy atom. The number of rotatable bonds is 6. The molecule has 3 heterocycles. The van der Waals surface area contributed by atoms with Crippen LogP contribution in [0.4, 0.5) is 0 Å². The van der Waals surface area contributed by atoms with Gasteiger partial charge >= 0.3 is 0 Å². The van der Waals surface area contributed by atoms with E-state index in [1.807, 2.05) is 29.1 Å². The van der Waals surface area contributed by atoms with Crippen molar-refractivity contribution in [3.8, 4) is 0 Å². The number of carbonyl (C=O) groups excluding carboxylic acids is 3. The first kappa shape index (κ1) is 20.2. The Labute approximate surface area is 192 Å². The zero-order chi connectivity index (χ0) is 22.7. The molecule has 1 aliphatic carbocycles. The Kier molecular flexibility index (Phi) is 4.62. The van der Waals surface area contributed by atoms with Gasteiger partial charge in [0.1, 0.15) is 0 Å². The first-order valence-corrected chi connectivity index (χ1v) is 11.6. The topological polar surface area (TPSA) is 73.0 Å². The Morgan fingerprint density at radius 2 is 1.70 bits per heavy atom. The van der Waals surface area contributed by atoms with Crippen LogP contribution in [0.1, 0.15) is 61.5 Å². The molecule has 168 valence electrons. The number of nitrogens with zero attached hydrogens (tertiary/aromatic N) is 3. The van der Waals surface area contributed by atoms with Crippen LogP contribution in [-0.2, 0) is 6.54 Å². The van der Waals surface area contributed by atoms with Crippen LogP contribution in [0.2, 0.25) is 0 Å². The molecule has 4 aliphatic rings. The predicted molar refractivity (Wildman–Crippen MR) is 123 cm³/mol. The van der Waals surface area contributed by atoms with Gasteiger partial charge in [0.15, 0.2) is 0 Å². The van der Waals surface area contributed by atoms with Gasteiger partial charge in [0.05, 0.1) is 22.9 Å². The molecule has 1 atom stereocenters. The molecule has 6 rings (SSSR count). The van der Waals surface area contributed by atoms with Gasteiger partial charge in [-0.1, -0.05) is 31.0 Å². The minimum absolute atomic E-state index is 0.00862. The molecule has 0 saturated heterocycles. The van der Waals surface area contributed by atoms with Crippen LogP contribution in [0, 0.1) is 5.92 Å². The van der Waals surface area contributed by atoms with E-state index in [0.717, 1.165) is 48.2 Å². The lowest BCUT2D eigenvalue weighted by atomic mass is 10.0. The van der Waals surface area contributed by atoms with Crippen LogP contribution in [-0.4, -0.2) is 58.7 Å². The van der Waals surface area contributed by atoms with Crippen molar-refractivity contribution < 1.29 is 14.4 Å². The van der Waals surface area contributed by atoms with Crippen LogP contribution in [0.15, 0.2) is 48.5 Å². The molecule has 0 radical (unpaired) electrons. The van der Waals surface area contributed by atoms with Crippen LogP contribution < -0.4 is 5.43 Å². The summed E-state index contributed by atoms with van der Waals surface area (Å²) in [6, 6.07) is 12.8. The SMILES string of the molecule is CN1NCC=C1c1ccc2c(c1)CN([C@@H](CC1CC1)CN1C(=O)c3ccccc3C1=O)C2=O. The molecule has 2 aromatic carbocycles. The number of fused-ring (bicyclic) bond motifs is 2. The number of imide groups is 1. The number of hydrogen-bond donors (Lipinski definition) is 1. The van der Waals surface area contributed by atoms with Crippen molar-refractivity contribution in [3.63, 3.8) is 0 Å². The maximum atomic E-state index is 13.4. The number of hydrazine groups is 1. The molecule has 33 heavy (non-hydrogen) atoms. The number of nitrogens with one attached hydrogen (secondary N) is 1. The summed E-state index contributed by atoms with van der Waals surface area (Å²) in [5.74, 6) is 0.0319. The summed E-state index contributed by atoms with van der Waals surface area (Å²) >= 11 is 0. The summed E-state index contributed by atoms with van der Waals surface area (Å²) in [5, 5.41) is 1.99. The smallest absolute Gasteiger partial charge is 0.261 e. The van der Waals surface area contributed by atoms with E-state index in [9.17, 15) is 14.4 Å². The maximum Gasteiger partial charge on any atom is 0.261 e. The summed E-state index contributed by atoms with van der Waals surface area (Å²) in [5.41, 5.74) is 8.06. The van der Waals surface area contributed by atoms with Crippen molar-refractivity contribution in [2.75, 3.05) is 20.1 Å². The molecule has 3 aliphatic heterocycles. The highest BCUT2D eigenvalue weighted by atomic mass is 16.2. The molecule has 7 heteroatoms. The Balaban J connectivity index is 1.27. The van der Waals surface area contributed by atoms with Crippen molar-refractivity contribution in [2.24, 2.45) is 5.92 Å². The first-order valence-electron chi connectivity index (χ1n) is 11.6. The maximum absolute atomic E-state index is 13.4. The fourth-order valence-corrected chi connectivity index (χ4v) is 5.26. The quantitative estimate of drug-likeness (QED) is 0.697. The van der Waals surface area contributed by atoms with Crippen molar-refractivity contribution >= 4 is 23.4 Å². The molecule has 0 aromatic heterocycles. The summed E-state index contributed by atoms with van der Waals surface area (Å²) in [4.78, 5) is 42.5. The fourth-order valence-electron chi connectivity index (χ4n) is 5.26. The average molecular weight is 443 g/mol. The zero-order valence-electron chi connectivity index (χ0n) is 18.6. The van der Waals surface area contributed by atoms with Gasteiger partial charge in [-0.25, -0.2) is 5.43 Å². The minimum atomic E-state index is -0.258. The van der Waals surface area contributed by atoms with Gasteiger partial charge in [-0.15, -0.1) is 0 Å². The van der Waals surface area contributed by atoms with Gasteiger partial charge < -0.3 is 9.91 Å². The van der Waals surface area contributed by atoms with E-state index < -0.39 is 0 Å². The normalized spacial score (nSPS) is 20.5. The van der Waals surface area contributed by atoms with Gasteiger partial charge in [-0.05, 0) is 53.8 Å². The average Bonchev–Trinajstić information content (AvgIpc) is 3.37. The lowest BCUT2D eigenvalue weighted by Gasteiger charge is -2.31. The fraction of sp³-hybridized carbons (Fsp3) is 0.346. The van der Waals surface area contributed by atoms with E-state index in [4.69, 9.17) is 0 Å². The van der Waals surface area contributed by atoms with E-state index in [-0.39, 0.29) is 30.3 Å². The molecule has 7 nitrogen and oxygen atoms in total. The number of hydrogen-bond acceptors (Lipinski definition) is 5. The van der Waals surface area contributed by atoms with Crippen LogP contribution >= 0.6 is 0 Å². The van der Waals surface area contributed by atoms with E-state index in [0.29, 0.717) is 23.6 Å². The number of amides is 3. The molecule has 1 N–H and O–H groups in total. The first-order chi connectivity index (χ1) is 16.0. The third kappa shape index (κ3) is 3.35. The third-order valence-electron chi connectivity index (χ3n) is 7.23. The van der Waals surface area contributed by atoms with Crippen molar-refractivity contribution in [1.29, 1.82) is 0 Å². The Morgan fingerprint density at radius 3 is 2.33 bits per heavy atom. The molecular formula is C26H26N4O3. The van der Waals surface area contributed by atoms with Crippen molar-refractivity contribution in [2.45, 2.75) is 31.8 Å². The highest BCUT2D eigenvalue weighted by molar-refractivity contribution is 6.21. The Hall–Kier alpha value is -3.45. The van der Waals surface area contributed by atoms with Gasteiger partial charge in [0, 0.05) is 32.2 Å². The van der Waals surface area contributed by atoms with Crippen LogP contribution in [0.25, 0.3) is 5.70 Å². The second-order valence-corrected chi connectivity index (χ2v) is 9.41. The largest absolute Gasteiger partial charge is 0.329 e. The van der Waals surface area contributed by atoms with Crippen molar-refractivity contribution in [3.05, 3.63) is 76.4 Å². The molecule has 1 saturated carbocycles. The summed E-state index contributed by atoms with van der Waals surface area (Å²) in [6.45, 7) is 1.54. The number of carbonyl (C=O) groups is 3. The highest BCUT2D eigenvalue weighted by Gasteiger charge is 2.42.